The number of hydrogen-bond donors (Lipinski definition) is 1. The van der Waals surface area contributed by atoms with Crippen LogP contribution in [-0.4, -0.2) is 17.7 Å². The molecule has 1 rings (SSSR count). The molecule has 0 unspecified atom stereocenters. The van der Waals surface area contributed by atoms with E-state index in [2.05, 4.69) is 0 Å². The third kappa shape index (κ3) is 3.40. The molecule has 0 saturated heterocycles. The maximum absolute atomic E-state index is 11.8. The second kappa shape index (κ2) is 5.56. The molecule has 84 valence electrons. The van der Waals surface area contributed by atoms with Gasteiger partial charge >= 0.3 is 0 Å². The van der Waals surface area contributed by atoms with Crippen molar-refractivity contribution in [2.24, 2.45) is 11.7 Å². The fourth-order valence-electron chi connectivity index (χ4n) is 1.20. The molecule has 0 bridgehead atoms. The molecule has 1 aromatic heterocycles. The standard InChI is InChI=1S/C11H18N2O2/c1-9(2)8-15-10-4-3-6-13(7-5-12)11(10)14/h3-4,6,9H,5,7-8,12H2,1-2H3. The summed E-state index contributed by atoms with van der Waals surface area (Å²) < 4.78 is 6.98. The summed E-state index contributed by atoms with van der Waals surface area (Å²) in [5.74, 6) is 0.812. The summed E-state index contributed by atoms with van der Waals surface area (Å²) in [6.07, 6.45) is 1.72. The summed E-state index contributed by atoms with van der Waals surface area (Å²) >= 11 is 0. The number of hydrogen-bond acceptors (Lipinski definition) is 3. The Morgan fingerprint density at radius 2 is 2.27 bits per heavy atom. The molecule has 1 heterocycles. The van der Waals surface area contributed by atoms with Crippen LogP contribution in [0.3, 0.4) is 0 Å². The molecule has 4 nitrogen and oxygen atoms in total. The Bertz CT molecular complexity index is 358. The summed E-state index contributed by atoms with van der Waals surface area (Å²) in [5.41, 5.74) is 5.29. The van der Waals surface area contributed by atoms with Crippen LogP contribution >= 0.6 is 0 Å². The lowest BCUT2D eigenvalue weighted by Gasteiger charge is -2.10. The molecule has 0 fully saturated rings. The highest BCUT2D eigenvalue weighted by atomic mass is 16.5. The van der Waals surface area contributed by atoms with Gasteiger partial charge in [0.15, 0.2) is 5.75 Å². The summed E-state index contributed by atoms with van der Waals surface area (Å²) in [5, 5.41) is 0. The van der Waals surface area contributed by atoms with Crippen LogP contribution in [0.1, 0.15) is 13.8 Å². The Kier molecular flexibility index (Phi) is 4.37. The predicted octanol–water partition coefficient (Wildman–Crippen LogP) is 0.842. The SMILES string of the molecule is CC(C)COc1cccn(CCN)c1=O. The summed E-state index contributed by atoms with van der Waals surface area (Å²) in [6, 6.07) is 3.49. The minimum absolute atomic E-state index is 0.108. The molecule has 15 heavy (non-hydrogen) atoms. The van der Waals surface area contributed by atoms with Crippen molar-refractivity contribution in [2.75, 3.05) is 13.2 Å². The maximum Gasteiger partial charge on any atom is 0.292 e. The Balaban J connectivity index is 2.80. The first kappa shape index (κ1) is 11.8. The minimum atomic E-state index is -0.108. The number of aromatic nitrogens is 1. The number of nitrogens with two attached hydrogens (primary N) is 1. The van der Waals surface area contributed by atoms with E-state index in [-0.39, 0.29) is 5.56 Å². The zero-order valence-corrected chi connectivity index (χ0v) is 9.27. The zero-order chi connectivity index (χ0) is 11.3. The van der Waals surface area contributed by atoms with Gasteiger partial charge in [-0.1, -0.05) is 13.8 Å². The molecule has 0 spiro atoms. The number of pyridine rings is 1. The first-order chi connectivity index (χ1) is 7.15. The highest BCUT2D eigenvalue weighted by molar-refractivity contribution is 5.17. The number of nitrogens with zero attached hydrogens (tertiary/aromatic N) is 1. The van der Waals surface area contributed by atoms with Crippen molar-refractivity contribution < 1.29 is 4.74 Å². The molecule has 0 saturated carbocycles. The third-order valence-electron chi connectivity index (χ3n) is 1.93. The molecule has 0 atom stereocenters. The second-order valence-electron chi connectivity index (χ2n) is 3.86. The van der Waals surface area contributed by atoms with E-state index < -0.39 is 0 Å². The quantitative estimate of drug-likeness (QED) is 0.783. The van der Waals surface area contributed by atoms with Crippen molar-refractivity contribution in [2.45, 2.75) is 20.4 Å². The van der Waals surface area contributed by atoms with Crippen LogP contribution in [0, 0.1) is 5.92 Å². The molecule has 1 aromatic rings. The van der Waals surface area contributed by atoms with Crippen LogP contribution in [0.15, 0.2) is 23.1 Å². The third-order valence-corrected chi connectivity index (χ3v) is 1.93. The van der Waals surface area contributed by atoms with E-state index in [1.54, 1.807) is 22.9 Å². The first-order valence-electron chi connectivity index (χ1n) is 5.17. The van der Waals surface area contributed by atoms with Gasteiger partial charge in [0.2, 0.25) is 0 Å². The van der Waals surface area contributed by atoms with E-state index in [4.69, 9.17) is 10.5 Å². The highest BCUT2D eigenvalue weighted by Gasteiger charge is 2.04. The van der Waals surface area contributed by atoms with Crippen LogP contribution in [0.5, 0.6) is 5.75 Å². The van der Waals surface area contributed by atoms with Gasteiger partial charge in [0, 0.05) is 19.3 Å². The fourth-order valence-corrected chi connectivity index (χ4v) is 1.20. The van der Waals surface area contributed by atoms with Gasteiger partial charge < -0.3 is 15.0 Å². The Morgan fingerprint density at radius 3 is 2.87 bits per heavy atom. The van der Waals surface area contributed by atoms with Gasteiger partial charge in [0.05, 0.1) is 6.61 Å². The van der Waals surface area contributed by atoms with Gasteiger partial charge in [-0.3, -0.25) is 4.79 Å². The monoisotopic (exact) mass is 210 g/mol. The van der Waals surface area contributed by atoms with Gasteiger partial charge in [-0.15, -0.1) is 0 Å². The molecule has 4 heteroatoms. The number of rotatable bonds is 5. The minimum Gasteiger partial charge on any atom is -0.488 e. The molecular weight excluding hydrogens is 192 g/mol. The molecule has 0 radical (unpaired) electrons. The highest BCUT2D eigenvalue weighted by Crippen LogP contribution is 2.04. The van der Waals surface area contributed by atoms with Gasteiger partial charge in [-0.2, -0.15) is 0 Å². The fraction of sp³-hybridized carbons (Fsp3) is 0.545. The van der Waals surface area contributed by atoms with Crippen LogP contribution in [0.4, 0.5) is 0 Å². The smallest absolute Gasteiger partial charge is 0.292 e. The van der Waals surface area contributed by atoms with Gasteiger partial charge in [-0.25, -0.2) is 0 Å². The molecular formula is C11H18N2O2. The molecule has 0 aliphatic carbocycles. The average Bonchev–Trinajstić information content (AvgIpc) is 2.19. The Labute approximate surface area is 89.7 Å². The van der Waals surface area contributed by atoms with Gasteiger partial charge in [0.25, 0.3) is 5.56 Å². The second-order valence-corrected chi connectivity index (χ2v) is 3.86. The van der Waals surface area contributed by atoms with Crippen molar-refractivity contribution >= 4 is 0 Å². The van der Waals surface area contributed by atoms with E-state index in [1.165, 1.54) is 0 Å². The summed E-state index contributed by atoms with van der Waals surface area (Å²) in [6.45, 7) is 5.62. The van der Waals surface area contributed by atoms with Crippen molar-refractivity contribution in [3.05, 3.63) is 28.7 Å². The normalized spacial score (nSPS) is 10.7. The Hall–Kier alpha value is -1.29. The first-order valence-corrected chi connectivity index (χ1v) is 5.17. The molecule has 0 amide bonds. The number of ether oxygens (including phenoxy) is 1. The van der Waals surface area contributed by atoms with E-state index in [0.29, 0.717) is 31.4 Å². The lowest BCUT2D eigenvalue weighted by atomic mass is 10.2. The van der Waals surface area contributed by atoms with E-state index in [0.717, 1.165) is 0 Å². The summed E-state index contributed by atoms with van der Waals surface area (Å²) in [4.78, 5) is 11.8. The van der Waals surface area contributed by atoms with Gasteiger partial charge in [-0.05, 0) is 18.1 Å². The summed E-state index contributed by atoms with van der Waals surface area (Å²) in [7, 11) is 0. The predicted molar refractivity (Wildman–Crippen MR) is 60.1 cm³/mol. The van der Waals surface area contributed by atoms with Crippen molar-refractivity contribution in [1.29, 1.82) is 0 Å². The van der Waals surface area contributed by atoms with Crippen LogP contribution < -0.4 is 16.0 Å². The van der Waals surface area contributed by atoms with Crippen molar-refractivity contribution in [1.82, 2.24) is 4.57 Å². The largest absolute Gasteiger partial charge is 0.488 e. The topological polar surface area (TPSA) is 57.2 Å². The molecule has 2 N–H and O–H groups in total. The van der Waals surface area contributed by atoms with Crippen LogP contribution in [0.25, 0.3) is 0 Å². The van der Waals surface area contributed by atoms with E-state index in [1.807, 2.05) is 13.8 Å². The lowest BCUT2D eigenvalue weighted by molar-refractivity contribution is 0.265. The van der Waals surface area contributed by atoms with E-state index >= 15 is 0 Å². The zero-order valence-electron chi connectivity index (χ0n) is 9.27. The molecule has 0 aliphatic rings. The van der Waals surface area contributed by atoms with Crippen LogP contribution in [-0.2, 0) is 6.54 Å². The van der Waals surface area contributed by atoms with E-state index in [9.17, 15) is 4.79 Å². The Morgan fingerprint density at radius 1 is 1.53 bits per heavy atom. The van der Waals surface area contributed by atoms with Crippen LogP contribution in [0.2, 0.25) is 0 Å². The van der Waals surface area contributed by atoms with Gasteiger partial charge in [0.1, 0.15) is 0 Å². The van der Waals surface area contributed by atoms with Crippen molar-refractivity contribution in [3.63, 3.8) is 0 Å². The van der Waals surface area contributed by atoms with Crippen molar-refractivity contribution in [3.8, 4) is 5.75 Å². The molecule has 0 aromatic carbocycles. The average molecular weight is 210 g/mol. The maximum atomic E-state index is 11.8. The lowest BCUT2D eigenvalue weighted by Crippen LogP contribution is -2.25. The molecule has 0 aliphatic heterocycles.